The zero-order valence-electron chi connectivity index (χ0n) is 15.7. The summed E-state index contributed by atoms with van der Waals surface area (Å²) in [6.07, 6.45) is 8.67. The van der Waals surface area contributed by atoms with Crippen LogP contribution in [0.4, 0.5) is 0 Å². The van der Waals surface area contributed by atoms with E-state index in [1.807, 2.05) is 0 Å². The number of allylic oxidation sites excluding steroid dienone is 4. The van der Waals surface area contributed by atoms with Crippen LogP contribution < -0.4 is 0 Å². The Hall–Kier alpha value is -3.39. The lowest BCUT2D eigenvalue weighted by atomic mass is 9.92. The molecule has 0 spiro atoms. The molecular weight excluding hydrogens is 342 g/mol. The van der Waals surface area contributed by atoms with Gasteiger partial charge in [0.15, 0.2) is 0 Å². The molecule has 1 heterocycles. The van der Waals surface area contributed by atoms with Crippen molar-refractivity contribution in [2.45, 2.75) is 19.4 Å². The van der Waals surface area contributed by atoms with E-state index in [2.05, 4.69) is 90.6 Å². The maximum atomic E-state index is 6.46. The van der Waals surface area contributed by atoms with Gasteiger partial charge in [-0.05, 0) is 48.4 Å². The highest BCUT2D eigenvalue weighted by Crippen LogP contribution is 2.40. The molecule has 2 nitrogen and oxygen atoms in total. The number of fused-ring (bicyclic) bond motifs is 3. The van der Waals surface area contributed by atoms with Crippen molar-refractivity contribution in [3.63, 3.8) is 0 Å². The Balaban J connectivity index is 1.86. The maximum Gasteiger partial charge on any atom is 0.142 e. The molecule has 0 saturated carbocycles. The highest BCUT2D eigenvalue weighted by molar-refractivity contribution is 6.10. The van der Waals surface area contributed by atoms with E-state index in [1.165, 1.54) is 22.3 Å². The normalized spacial score (nSPS) is 13.8. The number of nitrogens with zero attached hydrogens (tertiary/aromatic N) is 1. The second kappa shape index (κ2) is 6.97. The quantitative estimate of drug-likeness (QED) is 0.352. The summed E-state index contributed by atoms with van der Waals surface area (Å²) >= 11 is 0. The van der Waals surface area contributed by atoms with Crippen molar-refractivity contribution >= 4 is 34.2 Å². The van der Waals surface area contributed by atoms with Gasteiger partial charge in [-0.1, -0.05) is 66.8 Å². The maximum absolute atomic E-state index is 6.46. The van der Waals surface area contributed by atoms with Crippen molar-refractivity contribution in [3.05, 3.63) is 90.0 Å². The van der Waals surface area contributed by atoms with E-state index in [0.717, 1.165) is 40.3 Å². The van der Waals surface area contributed by atoms with Gasteiger partial charge in [0.2, 0.25) is 0 Å². The van der Waals surface area contributed by atoms with Gasteiger partial charge in [0.25, 0.3) is 0 Å². The summed E-state index contributed by atoms with van der Waals surface area (Å²) in [6, 6.07) is 21.4. The van der Waals surface area contributed by atoms with Crippen molar-refractivity contribution < 1.29 is 4.42 Å². The van der Waals surface area contributed by atoms with Crippen LogP contribution in [0.3, 0.4) is 0 Å². The Bertz CT molecular complexity index is 1240. The van der Waals surface area contributed by atoms with Gasteiger partial charge < -0.3 is 4.42 Å². The average Bonchev–Trinajstić information content (AvgIpc) is 3.14. The van der Waals surface area contributed by atoms with Crippen molar-refractivity contribution in [1.82, 2.24) is 0 Å². The molecule has 0 saturated heterocycles. The van der Waals surface area contributed by atoms with E-state index in [-0.39, 0.29) is 0 Å². The Morgan fingerprint density at radius 1 is 0.893 bits per heavy atom. The zero-order chi connectivity index (χ0) is 18.9. The topological polar surface area (TPSA) is 25.5 Å². The third-order valence-electron chi connectivity index (χ3n) is 5.43. The zero-order valence-corrected chi connectivity index (χ0v) is 15.7. The fourth-order valence-electron chi connectivity index (χ4n) is 4.07. The summed E-state index contributed by atoms with van der Waals surface area (Å²) in [5, 5.41) is 2.30. The lowest BCUT2D eigenvalue weighted by Crippen LogP contribution is -1.90. The van der Waals surface area contributed by atoms with Gasteiger partial charge in [-0.2, -0.15) is 0 Å². The van der Waals surface area contributed by atoms with Crippen LogP contribution in [0.2, 0.25) is 0 Å². The minimum Gasteiger partial charge on any atom is -0.455 e. The summed E-state index contributed by atoms with van der Waals surface area (Å²) < 4.78 is 6.46. The lowest BCUT2D eigenvalue weighted by molar-refractivity contribution is 0.661. The minimum atomic E-state index is 0.559. The fourth-order valence-corrected chi connectivity index (χ4v) is 4.07. The number of aliphatic imine (C=N–C) groups is 1. The van der Waals surface area contributed by atoms with E-state index in [1.54, 1.807) is 0 Å². The first-order valence-corrected chi connectivity index (χ1v) is 9.67. The Morgan fingerprint density at radius 3 is 2.57 bits per heavy atom. The number of hydrogen-bond donors (Lipinski definition) is 0. The fraction of sp³-hybridized carbons (Fsp3) is 0.115. The molecule has 0 radical (unpaired) electrons. The van der Waals surface area contributed by atoms with Gasteiger partial charge in [0.05, 0.1) is 6.54 Å². The van der Waals surface area contributed by atoms with E-state index in [0.29, 0.717) is 6.54 Å². The van der Waals surface area contributed by atoms with Crippen LogP contribution in [0.15, 0.2) is 88.3 Å². The number of hydrogen-bond acceptors (Lipinski definition) is 2. The van der Waals surface area contributed by atoms with Crippen molar-refractivity contribution in [1.29, 1.82) is 0 Å². The average molecular weight is 363 g/mol. The molecule has 0 N–H and O–H groups in total. The molecule has 136 valence electrons. The molecule has 0 atom stereocenters. The van der Waals surface area contributed by atoms with E-state index >= 15 is 0 Å². The predicted molar refractivity (Wildman–Crippen MR) is 119 cm³/mol. The third kappa shape index (κ3) is 2.78. The predicted octanol–water partition coefficient (Wildman–Crippen LogP) is 7.19. The van der Waals surface area contributed by atoms with Crippen molar-refractivity contribution in [2.24, 2.45) is 4.99 Å². The summed E-state index contributed by atoms with van der Waals surface area (Å²) in [7, 11) is 0. The largest absolute Gasteiger partial charge is 0.455 e. The molecule has 0 bridgehead atoms. The number of para-hydroxylation sites is 1. The summed E-state index contributed by atoms with van der Waals surface area (Å²) in [5.41, 5.74) is 7.91. The number of benzene rings is 3. The molecular formula is C26H21NO. The second-order valence-electron chi connectivity index (χ2n) is 7.20. The van der Waals surface area contributed by atoms with Gasteiger partial charge in [-0.3, -0.25) is 4.99 Å². The first kappa shape index (κ1) is 16.8. The van der Waals surface area contributed by atoms with Crippen LogP contribution in [0, 0.1) is 0 Å². The van der Waals surface area contributed by atoms with E-state index < -0.39 is 0 Å². The molecule has 5 rings (SSSR count). The summed E-state index contributed by atoms with van der Waals surface area (Å²) in [4.78, 5) is 4.07. The molecule has 0 unspecified atom stereocenters. The van der Waals surface area contributed by atoms with Gasteiger partial charge >= 0.3 is 0 Å². The monoisotopic (exact) mass is 363 g/mol. The van der Waals surface area contributed by atoms with E-state index in [9.17, 15) is 0 Å². The van der Waals surface area contributed by atoms with Crippen LogP contribution in [-0.2, 0) is 6.54 Å². The highest BCUT2D eigenvalue weighted by atomic mass is 16.3. The first-order chi connectivity index (χ1) is 13.8. The molecule has 0 amide bonds. The smallest absolute Gasteiger partial charge is 0.142 e. The molecule has 0 fully saturated rings. The standard InChI is InChI=1S/C26H21NO/c1-27-17-20-13-8-14-22-24-16-21(18-9-4-2-5-10-18)15-23(26(24)28-25(20)22)19-11-6-3-7-12-19/h2-6,8-11,13-16H,1,7,12,17H2. The summed E-state index contributed by atoms with van der Waals surface area (Å²) in [6.45, 7) is 4.21. The molecule has 1 aliphatic rings. The molecule has 1 aromatic heterocycles. The van der Waals surface area contributed by atoms with E-state index in [4.69, 9.17) is 4.42 Å². The van der Waals surface area contributed by atoms with Crippen molar-refractivity contribution in [2.75, 3.05) is 0 Å². The van der Waals surface area contributed by atoms with Crippen molar-refractivity contribution in [3.8, 4) is 11.1 Å². The molecule has 1 aliphatic carbocycles. The molecule has 0 aliphatic heterocycles. The number of rotatable bonds is 4. The van der Waals surface area contributed by atoms with Crippen LogP contribution >= 0.6 is 0 Å². The van der Waals surface area contributed by atoms with Gasteiger partial charge in [-0.25, -0.2) is 0 Å². The minimum absolute atomic E-state index is 0.559. The van der Waals surface area contributed by atoms with Crippen LogP contribution in [0.5, 0.6) is 0 Å². The molecule has 28 heavy (non-hydrogen) atoms. The van der Waals surface area contributed by atoms with Crippen LogP contribution in [-0.4, -0.2) is 6.72 Å². The Morgan fingerprint density at radius 2 is 1.79 bits per heavy atom. The first-order valence-electron chi connectivity index (χ1n) is 9.67. The lowest BCUT2D eigenvalue weighted by Gasteiger charge is -2.12. The SMILES string of the molecule is C=NCc1cccc2c1oc1c(C3=CC=CCC3)cc(-c3ccccc3)cc12. The summed E-state index contributed by atoms with van der Waals surface area (Å²) in [5.74, 6) is 0. The van der Waals surface area contributed by atoms with Gasteiger partial charge in [-0.15, -0.1) is 0 Å². The Labute approximate surface area is 164 Å². The highest BCUT2D eigenvalue weighted by Gasteiger charge is 2.18. The number of furan rings is 1. The second-order valence-corrected chi connectivity index (χ2v) is 7.20. The van der Waals surface area contributed by atoms with Crippen LogP contribution in [0.25, 0.3) is 38.6 Å². The molecule has 2 heteroatoms. The Kier molecular flexibility index (Phi) is 4.17. The molecule has 3 aromatic carbocycles. The van der Waals surface area contributed by atoms with Gasteiger partial charge in [0.1, 0.15) is 11.2 Å². The molecule has 4 aromatic rings. The van der Waals surface area contributed by atoms with Crippen LogP contribution in [0.1, 0.15) is 24.0 Å². The third-order valence-corrected chi connectivity index (χ3v) is 5.43. The van der Waals surface area contributed by atoms with Gasteiger partial charge in [0, 0.05) is 21.9 Å².